The lowest BCUT2D eigenvalue weighted by Gasteiger charge is -1.99. The van der Waals surface area contributed by atoms with E-state index >= 15 is 0 Å². The maximum Gasteiger partial charge on any atom is 0.368 e. The summed E-state index contributed by atoms with van der Waals surface area (Å²) in [5.41, 5.74) is 1.45. The minimum absolute atomic E-state index is 0.476. The highest BCUT2D eigenvalue weighted by atomic mass is 17.2. The van der Waals surface area contributed by atoms with E-state index in [0.29, 0.717) is 5.57 Å². The Morgan fingerprint density at radius 3 is 2.50 bits per heavy atom. The zero-order valence-corrected chi connectivity index (χ0v) is 8.19. The highest BCUT2D eigenvalue weighted by Gasteiger charge is 2.05. The lowest BCUT2D eigenvalue weighted by atomic mass is 10.1. The first-order valence-corrected chi connectivity index (χ1v) is 4.22. The SMILES string of the molecule is COOC(=O)/C(C)=C/c1ccccc1. The molecule has 0 saturated heterocycles. The van der Waals surface area contributed by atoms with Gasteiger partial charge in [0.05, 0.1) is 7.11 Å². The van der Waals surface area contributed by atoms with Crippen molar-refractivity contribution in [1.82, 2.24) is 0 Å². The standard InChI is InChI=1S/C11H12O3/c1-9(11(12)14-13-2)8-10-6-4-3-5-7-10/h3-8H,1-2H3/b9-8+. The van der Waals surface area contributed by atoms with E-state index in [9.17, 15) is 4.79 Å². The van der Waals surface area contributed by atoms with Gasteiger partial charge in [0.25, 0.3) is 0 Å². The topological polar surface area (TPSA) is 35.5 Å². The van der Waals surface area contributed by atoms with Crippen molar-refractivity contribution in [1.29, 1.82) is 0 Å². The smallest absolute Gasteiger partial charge is 0.293 e. The van der Waals surface area contributed by atoms with Crippen LogP contribution in [0.4, 0.5) is 0 Å². The summed E-state index contributed by atoms with van der Waals surface area (Å²) >= 11 is 0. The summed E-state index contributed by atoms with van der Waals surface area (Å²) in [5.74, 6) is -0.476. The van der Waals surface area contributed by atoms with Gasteiger partial charge in [-0.15, -0.1) is 0 Å². The Balaban J connectivity index is 2.74. The minimum Gasteiger partial charge on any atom is -0.293 e. The van der Waals surface area contributed by atoms with Crippen molar-refractivity contribution in [3.63, 3.8) is 0 Å². The van der Waals surface area contributed by atoms with Gasteiger partial charge in [-0.2, -0.15) is 4.89 Å². The summed E-state index contributed by atoms with van der Waals surface area (Å²) in [5, 5.41) is 0. The van der Waals surface area contributed by atoms with Crippen molar-refractivity contribution in [3.05, 3.63) is 41.5 Å². The second-order valence-corrected chi connectivity index (χ2v) is 2.78. The number of rotatable bonds is 3. The third kappa shape index (κ3) is 3.03. The Morgan fingerprint density at radius 1 is 1.29 bits per heavy atom. The third-order valence-corrected chi connectivity index (χ3v) is 1.66. The predicted molar refractivity (Wildman–Crippen MR) is 53.2 cm³/mol. The van der Waals surface area contributed by atoms with Gasteiger partial charge in [0.2, 0.25) is 0 Å². The zero-order chi connectivity index (χ0) is 10.4. The number of hydrogen-bond acceptors (Lipinski definition) is 3. The average Bonchev–Trinajstić information content (AvgIpc) is 2.19. The molecule has 1 rings (SSSR count). The second-order valence-electron chi connectivity index (χ2n) is 2.78. The minimum atomic E-state index is -0.476. The number of benzene rings is 1. The summed E-state index contributed by atoms with van der Waals surface area (Å²) in [6.07, 6.45) is 1.74. The fourth-order valence-electron chi connectivity index (χ4n) is 1.000. The molecule has 74 valence electrons. The fraction of sp³-hybridized carbons (Fsp3) is 0.182. The van der Waals surface area contributed by atoms with E-state index in [2.05, 4.69) is 9.78 Å². The molecule has 0 fully saturated rings. The lowest BCUT2D eigenvalue weighted by molar-refractivity contribution is -0.250. The van der Waals surface area contributed by atoms with E-state index in [1.807, 2.05) is 30.3 Å². The fourth-order valence-corrected chi connectivity index (χ4v) is 1.000. The molecular weight excluding hydrogens is 180 g/mol. The van der Waals surface area contributed by atoms with E-state index in [-0.39, 0.29) is 0 Å². The van der Waals surface area contributed by atoms with Crippen LogP contribution in [0.3, 0.4) is 0 Å². The quantitative estimate of drug-likeness (QED) is 0.418. The molecule has 0 N–H and O–H groups in total. The molecule has 0 heterocycles. The van der Waals surface area contributed by atoms with Crippen LogP contribution in [-0.4, -0.2) is 13.1 Å². The van der Waals surface area contributed by atoms with Crippen LogP contribution in [0.2, 0.25) is 0 Å². The van der Waals surface area contributed by atoms with Crippen LogP contribution >= 0.6 is 0 Å². The molecule has 1 aromatic rings. The van der Waals surface area contributed by atoms with Crippen molar-refractivity contribution < 1.29 is 14.6 Å². The normalized spacial score (nSPS) is 11.1. The molecule has 0 bridgehead atoms. The van der Waals surface area contributed by atoms with Gasteiger partial charge in [-0.1, -0.05) is 30.3 Å². The summed E-state index contributed by atoms with van der Waals surface area (Å²) < 4.78 is 0. The van der Waals surface area contributed by atoms with Gasteiger partial charge in [-0.3, -0.25) is 4.89 Å². The number of carbonyl (C=O) groups is 1. The van der Waals surface area contributed by atoms with E-state index in [1.54, 1.807) is 13.0 Å². The first-order chi connectivity index (χ1) is 6.74. The highest BCUT2D eigenvalue weighted by Crippen LogP contribution is 2.07. The van der Waals surface area contributed by atoms with Crippen LogP contribution in [0.5, 0.6) is 0 Å². The summed E-state index contributed by atoms with van der Waals surface area (Å²) in [6, 6.07) is 9.54. The van der Waals surface area contributed by atoms with E-state index in [4.69, 9.17) is 0 Å². The van der Waals surface area contributed by atoms with Gasteiger partial charge in [-0.05, 0) is 18.6 Å². The van der Waals surface area contributed by atoms with Crippen LogP contribution in [0.25, 0.3) is 6.08 Å². The first-order valence-electron chi connectivity index (χ1n) is 4.22. The predicted octanol–water partition coefficient (Wildman–Crippen LogP) is 2.19. The van der Waals surface area contributed by atoms with Gasteiger partial charge >= 0.3 is 5.97 Å². The van der Waals surface area contributed by atoms with Crippen LogP contribution in [0, 0.1) is 0 Å². The van der Waals surface area contributed by atoms with Crippen LogP contribution < -0.4 is 0 Å². The second kappa shape index (κ2) is 5.19. The van der Waals surface area contributed by atoms with Gasteiger partial charge in [0.1, 0.15) is 0 Å². The number of hydrogen-bond donors (Lipinski definition) is 0. The third-order valence-electron chi connectivity index (χ3n) is 1.66. The maximum absolute atomic E-state index is 11.1. The molecule has 3 heteroatoms. The van der Waals surface area contributed by atoms with Gasteiger partial charge in [-0.25, -0.2) is 4.79 Å². The number of carbonyl (C=O) groups excluding carboxylic acids is 1. The Labute approximate surface area is 82.9 Å². The van der Waals surface area contributed by atoms with Gasteiger partial charge in [0, 0.05) is 5.57 Å². The summed E-state index contributed by atoms with van der Waals surface area (Å²) in [7, 11) is 1.30. The highest BCUT2D eigenvalue weighted by molar-refractivity contribution is 5.92. The molecular formula is C11H12O3. The van der Waals surface area contributed by atoms with Crippen molar-refractivity contribution >= 4 is 12.0 Å². The molecule has 0 amide bonds. The molecule has 0 atom stereocenters. The van der Waals surface area contributed by atoms with Gasteiger partial charge in [0.15, 0.2) is 0 Å². The van der Waals surface area contributed by atoms with Crippen LogP contribution in [0.15, 0.2) is 35.9 Å². The summed E-state index contributed by atoms with van der Waals surface area (Å²) in [4.78, 5) is 19.8. The van der Waals surface area contributed by atoms with Gasteiger partial charge < -0.3 is 0 Å². The monoisotopic (exact) mass is 192 g/mol. The maximum atomic E-state index is 11.1. The molecule has 3 nitrogen and oxygen atoms in total. The molecule has 0 aliphatic carbocycles. The molecule has 0 aliphatic rings. The molecule has 14 heavy (non-hydrogen) atoms. The molecule has 1 aromatic carbocycles. The first kappa shape index (κ1) is 10.5. The van der Waals surface area contributed by atoms with E-state index in [1.165, 1.54) is 7.11 Å². The molecule has 0 unspecified atom stereocenters. The van der Waals surface area contributed by atoms with Crippen LogP contribution in [0.1, 0.15) is 12.5 Å². The van der Waals surface area contributed by atoms with E-state index in [0.717, 1.165) is 5.56 Å². The molecule has 0 spiro atoms. The Bertz CT molecular complexity index is 328. The van der Waals surface area contributed by atoms with Crippen LogP contribution in [-0.2, 0) is 14.6 Å². The van der Waals surface area contributed by atoms with Crippen molar-refractivity contribution in [2.45, 2.75) is 6.92 Å². The van der Waals surface area contributed by atoms with Crippen molar-refractivity contribution in [2.24, 2.45) is 0 Å². The largest absolute Gasteiger partial charge is 0.368 e. The lowest BCUT2D eigenvalue weighted by Crippen LogP contribution is -2.04. The molecule has 0 radical (unpaired) electrons. The average molecular weight is 192 g/mol. The Kier molecular flexibility index (Phi) is 3.88. The summed E-state index contributed by atoms with van der Waals surface area (Å²) in [6.45, 7) is 1.67. The molecule has 0 aromatic heterocycles. The Morgan fingerprint density at radius 2 is 1.93 bits per heavy atom. The van der Waals surface area contributed by atoms with Crippen molar-refractivity contribution in [3.8, 4) is 0 Å². The molecule has 0 saturated carbocycles. The Hall–Kier alpha value is -1.61. The zero-order valence-electron chi connectivity index (χ0n) is 8.19. The molecule has 0 aliphatic heterocycles. The van der Waals surface area contributed by atoms with E-state index < -0.39 is 5.97 Å². The van der Waals surface area contributed by atoms with Crippen molar-refractivity contribution in [2.75, 3.05) is 7.11 Å².